The maximum atomic E-state index is 13.9. The summed E-state index contributed by atoms with van der Waals surface area (Å²) in [5, 5.41) is 13.0. The number of rotatable bonds is 7. The first-order valence-electron chi connectivity index (χ1n) is 13.6. The van der Waals surface area contributed by atoms with Gasteiger partial charge in [-0.1, -0.05) is 61.5 Å². The van der Waals surface area contributed by atoms with Crippen molar-refractivity contribution in [3.63, 3.8) is 0 Å². The Kier molecular flexibility index (Phi) is 9.79. The number of aliphatic hydroxyl groups excluding tert-OH is 1. The van der Waals surface area contributed by atoms with Gasteiger partial charge in [-0.3, -0.25) is 4.79 Å². The third kappa shape index (κ3) is 6.81. The van der Waals surface area contributed by atoms with E-state index in [-0.39, 0.29) is 36.6 Å². The van der Waals surface area contributed by atoms with Gasteiger partial charge in [0, 0.05) is 38.2 Å². The number of benzene rings is 3. The summed E-state index contributed by atoms with van der Waals surface area (Å²) < 4.78 is 11.7. The number of fused-ring (bicyclic) bond motifs is 3. The Morgan fingerprint density at radius 2 is 1.73 bits per heavy atom. The molecule has 3 aromatic rings. The number of ether oxygens (including phenoxy) is 2. The van der Waals surface area contributed by atoms with Gasteiger partial charge in [-0.15, -0.1) is 0 Å². The zero-order valence-corrected chi connectivity index (χ0v) is 23.7. The summed E-state index contributed by atoms with van der Waals surface area (Å²) in [5.74, 6) is 0.509. The third-order valence-corrected chi connectivity index (χ3v) is 7.50. The molecule has 0 unspecified atom stereocenters. The number of amides is 3. The molecule has 0 saturated carbocycles. The number of hydrogen-bond acceptors (Lipinski definition) is 5. The van der Waals surface area contributed by atoms with E-state index in [1.165, 1.54) is 0 Å². The van der Waals surface area contributed by atoms with Gasteiger partial charge in [0.25, 0.3) is 5.91 Å². The van der Waals surface area contributed by atoms with Crippen molar-refractivity contribution in [2.24, 2.45) is 5.92 Å². The summed E-state index contributed by atoms with van der Waals surface area (Å²) in [4.78, 5) is 30.3. The molecule has 3 atom stereocenters. The standard InChI is InChI=1S/C32H39N3O5/c1-22-18-35(23(2)20-36)31(37)29-12-8-7-11-28(29)27-10-6-5-9-25(27)21-40-30(22)19-34(3)32(38)33-17-24-13-15-26(39-4)16-14-24/h5-16,22-23,30,36H,17-21H2,1-4H3,(H,33,38)/t22-,23-,30+/m1/s1. The van der Waals surface area contributed by atoms with Crippen molar-refractivity contribution < 1.29 is 24.2 Å². The first kappa shape index (κ1) is 29.1. The van der Waals surface area contributed by atoms with Gasteiger partial charge < -0.3 is 29.7 Å². The highest BCUT2D eigenvalue weighted by Crippen LogP contribution is 2.31. The second kappa shape index (κ2) is 13.5. The van der Waals surface area contributed by atoms with Crippen LogP contribution < -0.4 is 10.1 Å². The molecule has 0 saturated heterocycles. The molecule has 4 rings (SSSR count). The number of likely N-dealkylation sites (N-methyl/N-ethyl adjacent to an activating group) is 1. The minimum atomic E-state index is -0.384. The summed E-state index contributed by atoms with van der Waals surface area (Å²) in [6.45, 7) is 5.14. The average molecular weight is 546 g/mol. The van der Waals surface area contributed by atoms with Gasteiger partial charge in [0.2, 0.25) is 0 Å². The number of carbonyl (C=O) groups excluding carboxylic acids is 2. The van der Waals surface area contributed by atoms with E-state index >= 15 is 0 Å². The van der Waals surface area contributed by atoms with Gasteiger partial charge in [-0.05, 0) is 47.4 Å². The summed E-state index contributed by atoms with van der Waals surface area (Å²) in [7, 11) is 3.36. The summed E-state index contributed by atoms with van der Waals surface area (Å²) in [6.07, 6.45) is -0.354. The van der Waals surface area contributed by atoms with E-state index in [1.807, 2.05) is 86.6 Å². The number of nitrogens with zero attached hydrogens (tertiary/aromatic N) is 2. The first-order valence-corrected chi connectivity index (χ1v) is 13.6. The van der Waals surface area contributed by atoms with Crippen LogP contribution in [0.4, 0.5) is 4.79 Å². The fraction of sp³-hybridized carbons (Fsp3) is 0.375. The minimum Gasteiger partial charge on any atom is -0.497 e. The predicted molar refractivity (Wildman–Crippen MR) is 155 cm³/mol. The molecule has 8 nitrogen and oxygen atoms in total. The molecule has 1 aliphatic rings. The number of aliphatic hydroxyl groups is 1. The van der Waals surface area contributed by atoms with Gasteiger partial charge in [-0.25, -0.2) is 4.79 Å². The lowest BCUT2D eigenvalue weighted by Gasteiger charge is -2.35. The lowest BCUT2D eigenvalue weighted by Crippen LogP contribution is -2.48. The zero-order chi connectivity index (χ0) is 28.6. The van der Waals surface area contributed by atoms with Crippen LogP contribution in [0.5, 0.6) is 5.75 Å². The van der Waals surface area contributed by atoms with E-state index < -0.39 is 0 Å². The number of hydrogen-bond donors (Lipinski definition) is 2. The summed E-state index contributed by atoms with van der Waals surface area (Å²) >= 11 is 0. The number of nitrogens with one attached hydrogen (secondary N) is 1. The smallest absolute Gasteiger partial charge is 0.317 e. The summed E-state index contributed by atoms with van der Waals surface area (Å²) in [5.41, 5.74) is 4.29. The Morgan fingerprint density at radius 3 is 2.40 bits per heavy atom. The first-order chi connectivity index (χ1) is 19.3. The van der Waals surface area contributed by atoms with E-state index in [2.05, 4.69) is 5.32 Å². The Balaban J connectivity index is 1.56. The van der Waals surface area contributed by atoms with Crippen LogP contribution in [0.15, 0.2) is 72.8 Å². The maximum absolute atomic E-state index is 13.9. The van der Waals surface area contributed by atoms with E-state index in [1.54, 1.807) is 24.0 Å². The van der Waals surface area contributed by atoms with Crippen molar-refractivity contribution in [1.82, 2.24) is 15.1 Å². The highest BCUT2D eigenvalue weighted by molar-refractivity contribution is 6.01. The van der Waals surface area contributed by atoms with Gasteiger partial charge >= 0.3 is 6.03 Å². The van der Waals surface area contributed by atoms with Gasteiger partial charge in [0.1, 0.15) is 5.75 Å². The molecular weight excluding hydrogens is 506 g/mol. The second-order valence-corrected chi connectivity index (χ2v) is 10.4. The molecule has 2 N–H and O–H groups in total. The van der Waals surface area contributed by atoms with E-state index in [4.69, 9.17) is 9.47 Å². The number of urea groups is 1. The molecule has 0 spiro atoms. The molecule has 0 radical (unpaired) electrons. The third-order valence-electron chi connectivity index (χ3n) is 7.50. The Bertz CT molecular complexity index is 1300. The van der Waals surface area contributed by atoms with E-state index in [0.29, 0.717) is 31.8 Å². The van der Waals surface area contributed by atoms with Crippen molar-refractivity contribution in [2.75, 3.05) is 33.9 Å². The van der Waals surface area contributed by atoms with Crippen LogP contribution in [0.2, 0.25) is 0 Å². The topological polar surface area (TPSA) is 91.3 Å². The number of carbonyl (C=O) groups is 2. The molecule has 1 aliphatic heterocycles. The van der Waals surface area contributed by atoms with Crippen LogP contribution in [0.1, 0.15) is 35.3 Å². The van der Waals surface area contributed by atoms with Crippen molar-refractivity contribution in [3.8, 4) is 16.9 Å². The SMILES string of the molecule is COc1ccc(CNC(=O)N(C)C[C@@H]2OCc3ccccc3-c3ccccc3C(=O)N([C@H](C)CO)C[C@H]2C)cc1. The van der Waals surface area contributed by atoms with Crippen LogP contribution >= 0.6 is 0 Å². The molecule has 3 amide bonds. The van der Waals surface area contributed by atoms with Crippen LogP contribution in [-0.2, 0) is 17.9 Å². The van der Waals surface area contributed by atoms with Crippen LogP contribution in [-0.4, -0.2) is 72.8 Å². The van der Waals surface area contributed by atoms with Crippen molar-refractivity contribution in [2.45, 2.75) is 39.1 Å². The zero-order valence-electron chi connectivity index (χ0n) is 23.7. The highest BCUT2D eigenvalue weighted by atomic mass is 16.5. The molecule has 0 aromatic heterocycles. The quantitative estimate of drug-likeness (QED) is 0.454. The Morgan fingerprint density at radius 1 is 1.07 bits per heavy atom. The minimum absolute atomic E-state index is 0.118. The van der Waals surface area contributed by atoms with Crippen molar-refractivity contribution in [3.05, 3.63) is 89.5 Å². The molecule has 1 heterocycles. The molecule has 212 valence electrons. The Labute approximate surface area is 236 Å². The highest BCUT2D eigenvalue weighted by Gasteiger charge is 2.31. The molecule has 0 fully saturated rings. The molecule has 40 heavy (non-hydrogen) atoms. The molecule has 3 aromatic carbocycles. The van der Waals surface area contributed by atoms with Gasteiger partial charge in [0.05, 0.1) is 32.5 Å². The fourth-order valence-electron chi connectivity index (χ4n) is 4.96. The lowest BCUT2D eigenvalue weighted by molar-refractivity contribution is -0.0184. The molecule has 0 aliphatic carbocycles. The Hall–Kier alpha value is -3.88. The van der Waals surface area contributed by atoms with E-state index in [9.17, 15) is 14.7 Å². The maximum Gasteiger partial charge on any atom is 0.317 e. The predicted octanol–water partition coefficient (Wildman–Crippen LogP) is 4.56. The fourth-order valence-corrected chi connectivity index (χ4v) is 4.96. The normalized spacial score (nSPS) is 18.1. The molecular formula is C32H39N3O5. The van der Waals surface area contributed by atoms with Crippen molar-refractivity contribution >= 4 is 11.9 Å². The van der Waals surface area contributed by atoms with E-state index in [0.717, 1.165) is 28.0 Å². The second-order valence-electron chi connectivity index (χ2n) is 10.4. The number of methoxy groups -OCH3 is 1. The largest absolute Gasteiger partial charge is 0.497 e. The van der Waals surface area contributed by atoms with Gasteiger partial charge in [-0.2, -0.15) is 0 Å². The molecule has 0 bridgehead atoms. The van der Waals surface area contributed by atoms with Crippen molar-refractivity contribution in [1.29, 1.82) is 0 Å². The van der Waals surface area contributed by atoms with Crippen LogP contribution in [0, 0.1) is 5.92 Å². The van der Waals surface area contributed by atoms with Crippen LogP contribution in [0.25, 0.3) is 11.1 Å². The average Bonchev–Trinajstić information content (AvgIpc) is 3.01. The lowest BCUT2D eigenvalue weighted by atomic mass is 9.94. The monoisotopic (exact) mass is 545 g/mol. The van der Waals surface area contributed by atoms with Crippen LogP contribution in [0.3, 0.4) is 0 Å². The van der Waals surface area contributed by atoms with Gasteiger partial charge in [0.15, 0.2) is 0 Å². The molecule has 8 heteroatoms. The summed E-state index contributed by atoms with van der Waals surface area (Å²) in [6, 6.07) is 22.5.